The van der Waals surface area contributed by atoms with Crippen LogP contribution in [-0.2, 0) is 16.1 Å². The number of hydrogen-bond donors (Lipinski definition) is 0. The Morgan fingerprint density at radius 1 is 1.29 bits per heavy atom. The van der Waals surface area contributed by atoms with E-state index in [1.807, 2.05) is 26.0 Å². The lowest BCUT2D eigenvalue weighted by molar-refractivity contribution is -0.133. The Bertz CT molecular complexity index is 1020. The van der Waals surface area contributed by atoms with Crippen LogP contribution >= 0.6 is 11.6 Å². The lowest BCUT2D eigenvalue weighted by Crippen LogP contribution is -2.30. The van der Waals surface area contributed by atoms with Gasteiger partial charge < -0.3 is 14.2 Å². The molecule has 28 heavy (non-hydrogen) atoms. The van der Waals surface area contributed by atoms with Crippen LogP contribution in [0.15, 0.2) is 41.1 Å². The van der Waals surface area contributed by atoms with Crippen molar-refractivity contribution in [3.8, 4) is 0 Å². The van der Waals surface area contributed by atoms with Gasteiger partial charge in [-0.2, -0.15) is 0 Å². The summed E-state index contributed by atoms with van der Waals surface area (Å²) < 4.78 is 10.3. The van der Waals surface area contributed by atoms with Crippen molar-refractivity contribution in [3.63, 3.8) is 0 Å². The van der Waals surface area contributed by atoms with Crippen molar-refractivity contribution < 1.29 is 18.8 Å². The minimum Gasteiger partial charge on any atom is -0.452 e. The zero-order valence-electron chi connectivity index (χ0n) is 15.8. The third kappa shape index (κ3) is 4.48. The average molecular weight is 402 g/mol. The van der Waals surface area contributed by atoms with Crippen molar-refractivity contribution in [2.45, 2.75) is 26.3 Å². The third-order valence-electron chi connectivity index (χ3n) is 4.20. The lowest BCUT2D eigenvalue weighted by Gasteiger charge is -2.17. The minimum atomic E-state index is -0.630. The van der Waals surface area contributed by atoms with Crippen molar-refractivity contribution in [2.75, 3.05) is 13.7 Å². The highest BCUT2D eigenvalue weighted by Gasteiger charge is 2.18. The van der Waals surface area contributed by atoms with E-state index in [1.54, 1.807) is 25.2 Å². The molecule has 2 aromatic heterocycles. The number of esters is 1. The molecule has 0 unspecified atom stereocenters. The molecule has 1 amide bonds. The molecule has 2 heterocycles. The summed E-state index contributed by atoms with van der Waals surface area (Å²) in [5.41, 5.74) is 2.20. The van der Waals surface area contributed by atoms with Crippen LogP contribution in [0.5, 0.6) is 0 Å². The number of aromatic nitrogens is 2. The van der Waals surface area contributed by atoms with Crippen molar-refractivity contribution in [2.24, 2.45) is 0 Å². The van der Waals surface area contributed by atoms with Crippen LogP contribution in [0.4, 0.5) is 0 Å². The Hall–Kier alpha value is -2.93. The van der Waals surface area contributed by atoms with Gasteiger partial charge in [-0.25, -0.2) is 9.78 Å². The van der Waals surface area contributed by atoms with E-state index in [0.717, 1.165) is 11.3 Å². The van der Waals surface area contributed by atoms with E-state index in [1.165, 1.54) is 11.1 Å². The summed E-state index contributed by atoms with van der Waals surface area (Å²) in [4.78, 5) is 30.1. The van der Waals surface area contributed by atoms with Gasteiger partial charge in [0.25, 0.3) is 11.6 Å². The summed E-state index contributed by atoms with van der Waals surface area (Å²) in [6.07, 6.45) is 1.35. The molecule has 0 bridgehead atoms. The molecule has 0 aliphatic rings. The number of benzene rings is 1. The molecule has 1 aromatic carbocycles. The van der Waals surface area contributed by atoms with E-state index in [2.05, 4.69) is 10.1 Å². The van der Waals surface area contributed by atoms with Crippen molar-refractivity contribution in [3.05, 3.63) is 58.4 Å². The summed E-state index contributed by atoms with van der Waals surface area (Å²) in [6, 6.07) is 8.85. The van der Waals surface area contributed by atoms with Gasteiger partial charge in [0.1, 0.15) is 0 Å². The summed E-state index contributed by atoms with van der Waals surface area (Å²) in [7, 11) is 1.64. The molecule has 3 aromatic rings. The third-order valence-corrected chi connectivity index (χ3v) is 4.44. The van der Waals surface area contributed by atoms with Gasteiger partial charge in [0, 0.05) is 24.8 Å². The molecule has 3 rings (SSSR count). The molecule has 146 valence electrons. The molecule has 7 nitrogen and oxygen atoms in total. The first-order chi connectivity index (χ1) is 13.3. The molecule has 8 heteroatoms. The summed E-state index contributed by atoms with van der Waals surface area (Å²) in [6.45, 7) is 3.94. The van der Waals surface area contributed by atoms with Crippen molar-refractivity contribution in [1.82, 2.24) is 15.0 Å². The predicted octanol–water partition coefficient (Wildman–Crippen LogP) is 3.82. The first-order valence-electron chi connectivity index (χ1n) is 8.76. The van der Waals surface area contributed by atoms with Crippen molar-refractivity contribution in [1.29, 1.82) is 0 Å². The van der Waals surface area contributed by atoms with Gasteiger partial charge in [-0.15, -0.1) is 0 Å². The SMILES string of the molecule is CC(C)c1noc2ncc(C(=O)OCC(=O)N(C)Cc3cccc(Cl)c3)cc12. The second kappa shape index (κ2) is 8.39. The van der Waals surface area contributed by atoms with Gasteiger partial charge in [-0.05, 0) is 29.7 Å². The number of nitrogens with zero attached hydrogens (tertiary/aromatic N) is 3. The molecule has 0 aliphatic heterocycles. The van der Waals surface area contributed by atoms with Gasteiger partial charge in [0.15, 0.2) is 6.61 Å². The van der Waals surface area contributed by atoms with Gasteiger partial charge in [-0.1, -0.05) is 42.7 Å². The number of hydrogen-bond acceptors (Lipinski definition) is 6. The standard InChI is InChI=1S/C20H20ClN3O4/c1-12(2)18-16-8-14(9-22-19(16)28-23-18)20(26)27-11-17(25)24(3)10-13-5-4-6-15(21)7-13/h4-9,12H,10-11H2,1-3H3. The zero-order valence-corrected chi connectivity index (χ0v) is 16.6. The quantitative estimate of drug-likeness (QED) is 0.584. The fourth-order valence-corrected chi connectivity index (χ4v) is 2.91. The Labute approximate surface area is 167 Å². The maximum absolute atomic E-state index is 12.3. The second-order valence-electron chi connectivity index (χ2n) is 6.76. The van der Waals surface area contributed by atoms with E-state index in [9.17, 15) is 9.59 Å². The molecule has 0 N–H and O–H groups in total. The highest BCUT2D eigenvalue weighted by atomic mass is 35.5. The molecule has 0 saturated carbocycles. The summed E-state index contributed by atoms with van der Waals surface area (Å²) in [5.74, 6) is -0.832. The molecule has 0 fully saturated rings. The normalized spacial score (nSPS) is 11.0. The van der Waals surface area contributed by atoms with Gasteiger partial charge in [0.2, 0.25) is 0 Å². The Morgan fingerprint density at radius 2 is 2.07 bits per heavy atom. The number of halogens is 1. The first-order valence-corrected chi connectivity index (χ1v) is 9.14. The van der Waals surface area contributed by atoms with E-state index >= 15 is 0 Å². The van der Waals surface area contributed by atoms with Crippen LogP contribution in [0, 0.1) is 0 Å². The number of rotatable bonds is 6. The maximum atomic E-state index is 12.3. The van der Waals surface area contributed by atoms with Gasteiger partial charge >= 0.3 is 5.97 Å². The highest BCUT2D eigenvalue weighted by Crippen LogP contribution is 2.24. The van der Waals surface area contributed by atoms with Crippen LogP contribution in [0.1, 0.15) is 41.4 Å². The number of likely N-dealkylation sites (N-methyl/N-ethyl adjacent to an activating group) is 1. The number of ether oxygens (including phenoxy) is 1. The van der Waals surface area contributed by atoms with Crippen molar-refractivity contribution >= 4 is 34.6 Å². The number of carbonyl (C=O) groups excluding carboxylic acids is 2. The first kappa shape index (κ1) is 19.8. The van der Waals surface area contributed by atoms with Gasteiger partial charge in [-0.3, -0.25) is 4.79 Å². The summed E-state index contributed by atoms with van der Waals surface area (Å²) >= 11 is 5.95. The summed E-state index contributed by atoms with van der Waals surface area (Å²) in [5, 5.41) is 5.24. The lowest BCUT2D eigenvalue weighted by atomic mass is 10.1. The zero-order chi connectivity index (χ0) is 20.3. The fourth-order valence-electron chi connectivity index (χ4n) is 2.70. The smallest absolute Gasteiger partial charge is 0.340 e. The molecular formula is C20H20ClN3O4. The minimum absolute atomic E-state index is 0.121. The van der Waals surface area contributed by atoms with E-state index < -0.39 is 5.97 Å². The molecular weight excluding hydrogens is 382 g/mol. The van der Waals surface area contributed by atoms with Gasteiger partial charge in [0.05, 0.1) is 16.6 Å². The predicted molar refractivity (Wildman–Crippen MR) is 104 cm³/mol. The van der Waals surface area contributed by atoms with Crippen LogP contribution in [0.25, 0.3) is 11.1 Å². The van der Waals surface area contributed by atoms with E-state index in [0.29, 0.717) is 22.7 Å². The van der Waals surface area contributed by atoms with Crippen LogP contribution in [0.2, 0.25) is 5.02 Å². The Morgan fingerprint density at radius 3 is 2.79 bits per heavy atom. The number of fused-ring (bicyclic) bond motifs is 1. The monoisotopic (exact) mass is 401 g/mol. The van der Waals surface area contributed by atoms with E-state index in [4.69, 9.17) is 20.9 Å². The van der Waals surface area contributed by atoms with E-state index in [-0.39, 0.29) is 24.0 Å². The molecule has 0 spiro atoms. The van der Waals surface area contributed by atoms with Crippen LogP contribution < -0.4 is 0 Å². The number of carbonyl (C=O) groups is 2. The van der Waals surface area contributed by atoms with Crippen LogP contribution in [-0.4, -0.2) is 40.6 Å². The molecule has 0 radical (unpaired) electrons. The molecule has 0 atom stereocenters. The highest BCUT2D eigenvalue weighted by molar-refractivity contribution is 6.30. The topological polar surface area (TPSA) is 85.5 Å². The number of amides is 1. The fraction of sp³-hybridized carbons (Fsp3) is 0.300. The Kier molecular flexibility index (Phi) is 5.94. The second-order valence-corrected chi connectivity index (χ2v) is 7.19. The molecule has 0 aliphatic carbocycles. The Balaban J connectivity index is 1.62. The maximum Gasteiger partial charge on any atom is 0.340 e. The molecule has 0 saturated heterocycles. The largest absolute Gasteiger partial charge is 0.452 e. The number of pyridine rings is 1. The van der Waals surface area contributed by atoms with Crippen LogP contribution in [0.3, 0.4) is 0 Å². The average Bonchev–Trinajstić information content (AvgIpc) is 3.09.